The molecule has 6 rings (SSSR count). The maximum Gasteiger partial charge on any atom is 0.329 e. The molecule has 0 aliphatic carbocycles. The lowest BCUT2D eigenvalue weighted by Gasteiger charge is -2.20. The van der Waals surface area contributed by atoms with Gasteiger partial charge < -0.3 is 15.0 Å². The van der Waals surface area contributed by atoms with Gasteiger partial charge in [-0.25, -0.2) is 4.79 Å². The lowest BCUT2D eigenvalue weighted by atomic mass is 10.0. The monoisotopic (exact) mass is 429 g/mol. The number of anilines is 1. The highest BCUT2D eigenvalue weighted by molar-refractivity contribution is 6.03. The molecule has 2 aliphatic rings. The second kappa shape index (κ2) is 7.38. The molecule has 0 bridgehead atoms. The van der Waals surface area contributed by atoms with Crippen molar-refractivity contribution in [2.75, 3.05) is 38.2 Å². The maximum atomic E-state index is 13.2. The number of nitrogens with zero attached hydrogens (tertiary/aromatic N) is 4. The molecule has 4 aromatic rings. The van der Waals surface area contributed by atoms with Crippen LogP contribution in [-0.2, 0) is 13.6 Å². The van der Waals surface area contributed by atoms with E-state index >= 15 is 0 Å². The second-order valence-electron chi connectivity index (χ2n) is 9.05. The largest absolute Gasteiger partial charge is 0.497 e. The molecule has 4 heterocycles. The van der Waals surface area contributed by atoms with Crippen LogP contribution in [0.4, 0.5) is 5.69 Å². The standard InChI is InChI=1S/C25H27N5O2/c1-28-24-21-9-19(29-14-17-10-26-11-18(17)15-29)5-8-22(21)27-12-23(24)30(25(28)31)13-16-3-6-20(32-2)7-4-16/h3-9,12,17-18,26H,10-11,13-15H2,1-2H3. The number of pyridine rings is 1. The van der Waals surface area contributed by atoms with Crippen LogP contribution in [0.2, 0.25) is 0 Å². The first-order valence-corrected chi connectivity index (χ1v) is 11.2. The summed E-state index contributed by atoms with van der Waals surface area (Å²) in [5.74, 6) is 2.27. The van der Waals surface area contributed by atoms with E-state index in [4.69, 9.17) is 9.72 Å². The minimum atomic E-state index is -0.0303. The molecule has 2 aromatic carbocycles. The topological polar surface area (TPSA) is 64.3 Å². The summed E-state index contributed by atoms with van der Waals surface area (Å²) in [6.45, 7) is 4.90. The summed E-state index contributed by atoms with van der Waals surface area (Å²) in [4.78, 5) is 20.4. The highest BCUT2D eigenvalue weighted by atomic mass is 16.5. The van der Waals surface area contributed by atoms with Crippen molar-refractivity contribution in [2.45, 2.75) is 6.54 Å². The number of fused-ring (bicyclic) bond motifs is 4. The Morgan fingerprint density at radius 2 is 1.84 bits per heavy atom. The maximum absolute atomic E-state index is 13.2. The van der Waals surface area contributed by atoms with E-state index in [0.29, 0.717) is 6.54 Å². The molecule has 32 heavy (non-hydrogen) atoms. The van der Waals surface area contributed by atoms with E-state index in [0.717, 1.165) is 71.3 Å². The summed E-state index contributed by atoms with van der Waals surface area (Å²) in [6, 6.07) is 14.3. The molecule has 0 spiro atoms. The molecule has 2 saturated heterocycles. The van der Waals surface area contributed by atoms with Crippen molar-refractivity contribution in [3.63, 3.8) is 0 Å². The fourth-order valence-electron chi connectivity index (χ4n) is 5.42. The zero-order chi connectivity index (χ0) is 21.8. The van der Waals surface area contributed by atoms with Crippen molar-refractivity contribution in [3.05, 3.63) is 64.7 Å². The van der Waals surface area contributed by atoms with Gasteiger partial charge in [0.05, 0.1) is 36.4 Å². The molecule has 0 radical (unpaired) electrons. The Hall–Kier alpha value is -3.32. The van der Waals surface area contributed by atoms with Gasteiger partial charge in [0.15, 0.2) is 0 Å². The van der Waals surface area contributed by atoms with E-state index in [1.165, 1.54) is 5.69 Å². The summed E-state index contributed by atoms with van der Waals surface area (Å²) in [5.41, 5.74) is 4.96. The van der Waals surface area contributed by atoms with Gasteiger partial charge in [-0.15, -0.1) is 0 Å². The van der Waals surface area contributed by atoms with Gasteiger partial charge in [0.2, 0.25) is 0 Å². The van der Waals surface area contributed by atoms with Crippen molar-refractivity contribution in [1.29, 1.82) is 0 Å². The first-order chi connectivity index (χ1) is 15.6. The van der Waals surface area contributed by atoms with E-state index in [9.17, 15) is 4.79 Å². The quantitative estimate of drug-likeness (QED) is 0.540. The van der Waals surface area contributed by atoms with Crippen LogP contribution in [-0.4, -0.2) is 47.4 Å². The average Bonchev–Trinajstić information content (AvgIpc) is 3.49. The lowest BCUT2D eigenvalue weighted by Crippen LogP contribution is -2.25. The molecule has 7 nitrogen and oxygen atoms in total. The van der Waals surface area contributed by atoms with Gasteiger partial charge in [0.1, 0.15) is 5.75 Å². The molecular weight excluding hydrogens is 402 g/mol. The molecule has 2 atom stereocenters. The number of nitrogens with one attached hydrogen (secondary N) is 1. The summed E-state index contributed by atoms with van der Waals surface area (Å²) < 4.78 is 8.82. The number of hydrogen-bond acceptors (Lipinski definition) is 5. The third kappa shape index (κ3) is 2.99. The molecule has 164 valence electrons. The van der Waals surface area contributed by atoms with Crippen LogP contribution in [0.25, 0.3) is 21.9 Å². The van der Waals surface area contributed by atoms with Crippen molar-refractivity contribution in [2.24, 2.45) is 18.9 Å². The highest BCUT2D eigenvalue weighted by Gasteiger charge is 2.36. The van der Waals surface area contributed by atoms with Crippen LogP contribution in [0, 0.1) is 11.8 Å². The summed E-state index contributed by atoms with van der Waals surface area (Å²) in [6.07, 6.45) is 1.83. The van der Waals surface area contributed by atoms with Crippen LogP contribution in [0.15, 0.2) is 53.5 Å². The third-order valence-electron chi connectivity index (χ3n) is 7.20. The van der Waals surface area contributed by atoms with Crippen molar-refractivity contribution >= 4 is 27.6 Å². The van der Waals surface area contributed by atoms with Crippen LogP contribution < -0.4 is 20.6 Å². The molecule has 1 N–H and O–H groups in total. The van der Waals surface area contributed by atoms with Gasteiger partial charge in [0, 0.05) is 44.3 Å². The lowest BCUT2D eigenvalue weighted by molar-refractivity contribution is 0.414. The zero-order valence-electron chi connectivity index (χ0n) is 18.4. The molecule has 2 unspecified atom stereocenters. The van der Waals surface area contributed by atoms with E-state index in [1.807, 2.05) is 42.1 Å². The number of ether oxygens (including phenoxy) is 1. The Kier molecular flexibility index (Phi) is 4.47. The van der Waals surface area contributed by atoms with Gasteiger partial charge in [0.25, 0.3) is 0 Å². The van der Waals surface area contributed by atoms with Gasteiger partial charge in [-0.2, -0.15) is 0 Å². The van der Waals surface area contributed by atoms with Crippen LogP contribution in [0.5, 0.6) is 5.75 Å². The SMILES string of the molecule is COc1ccc(Cn2c(=O)n(C)c3c4cc(N5CC6CNCC6C5)ccc4ncc32)cc1. The van der Waals surface area contributed by atoms with Gasteiger partial charge >= 0.3 is 5.69 Å². The minimum Gasteiger partial charge on any atom is -0.497 e. The number of rotatable bonds is 4. The predicted molar refractivity (Wildman–Crippen MR) is 127 cm³/mol. The Bertz CT molecular complexity index is 1360. The second-order valence-corrected chi connectivity index (χ2v) is 9.05. The molecular formula is C25H27N5O2. The Labute approximate surface area is 186 Å². The molecule has 0 saturated carbocycles. The first kappa shape index (κ1) is 19.4. The Morgan fingerprint density at radius 3 is 2.56 bits per heavy atom. The van der Waals surface area contributed by atoms with E-state index in [2.05, 4.69) is 28.4 Å². The zero-order valence-corrected chi connectivity index (χ0v) is 18.4. The smallest absolute Gasteiger partial charge is 0.329 e. The normalized spacial score (nSPS) is 20.4. The first-order valence-electron chi connectivity index (χ1n) is 11.2. The fraction of sp³-hybridized carbons (Fsp3) is 0.360. The minimum absolute atomic E-state index is 0.0303. The van der Waals surface area contributed by atoms with E-state index < -0.39 is 0 Å². The van der Waals surface area contributed by atoms with E-state index in [1.54, 1.807) is 11.7 Å². The summed E-state index contributed by atoms with van der Waals surface area (Å²) in [7, 11) is 3.51. The van der Waals surface area contributed by atoms with Crippen LogP contribution in [0.3, 0.4) is 0 Å². The van der Waals surface area contributed by atoms with Crippen LogP contribution >= 0.6 is 0 Å². The number of methoxy groups -OCH3 is 1. The Morgan fingerprint density at radius 1 is 1.09 bits per heavy atom. The third-order valence-corrected chi connectivity index (χ3v) is 7.20. The molecule has 2 fully saturated rings. The van der Waals surface area contributed by atoms with Gasteiger partial charge in [-0.05, 0) is 47.7 Å². The molecule has 0 amide bonds. The van der Waals surface area contributed by atoms with Crippen molar-refractivity contribution in [1.82, 2.24) is 19.4 Å². The molecule has 2 aromatic heterocycles. The average molecular weight is 430 g/mol. The van der Waals surface area contributed by atoms with E-state index in [-0.39, 0.29) is 5.69 Å². The predicted octanol–water partition coefficient (Wildman–Crippen LogP) is 2.60. The summed E-state index contributed by atoms with van der Waals surface area (Å²) >= 11 is 0. The fourth-order valence-corrected chi connectivity index (χ4v) is 5.42. The van der Waals surface area contributed by atoms with Crippen molar-refractivity contribution < 1.29 is 4.74 Å². The summed E-state index contributed by atoms with van der Waals surface area (Å²) in [5, 5.41) is 4.54. The van der Waals surface area contributed by atoms with Gasteiger partial charge in [-0.1, -0.05) is 12.1 Å². The number of hydrogen-bond donors (Lipinski definition) is 1. The Balaban J connectivity index is 1.43. The van der Waals surface area contributed by atoms with Gasteiger partial charge in [-0.3, -0.25) is 14.1 Å². The van der Waals surface area contributed by atoms with Crippen LogP contribution in [0.1, 0.15) is 5.56 Å². The number of benzene rings is 2. The molecule has 2 aliphatic heterocycles. The highest BCUT2D eigenvalue weighted by Crippen LogP contribution is 2.33. The van der Waals surface area contributed by atoms with Crippen molar-refractivity contribution in [3.8, 4) is 5.75 Å². The molecule has 7 heteroatoms. The number of imidazole rings is 1. The number of aryl methyl sites for hydroxylation is 1. The number of aromatic nitrogens is 3.